The van der Waals surface area contributed by atoms with Crippen molar-refractivity contribution in [2.45, 2.75) is 58.3 Å². The summed E-state index contributed by atoms with van der Waals surface area (Å²) in [5, 5.41) is 15.7. The number of hydrogen-bond acceptors (Lipinski definition) is 3. The van der Waals surface area contributed by atoms with Gasteiger partial charge in [0.25, 0.3) is 0 Å². The van der Waals surface area contributed by atoms with Crippen LogP contribution in [0.4, 0.5) is 0 Å². The quantitative estimate of drug-likeness (QED) is 0.509. The van der Waals surface area contributed by atoms with Crippen LogP contribution in [0.15, 0.2) is 30.3 Å². The number of tetrazole rings is 1. The third kappa shape index (κ3) is 3.65. The van der Waals surface area contributed by atoms with Crippen LogP contribution < -0.4 is 0 Å². The first-order valence-corrected chi connectivity index (χ1v) is 11.6. The highest BCUT2D eigenvalue weighted by Gasteiger charge is 2.42. The summed E-state index contributed by atoms with van der Waals surface area (Å²) in [6.07, 6.45) is 9.49. The van der Waals surface area contributed by atoms with Gasteiger partial charge in [0.2, 0.25) is 5.82 Å². The molecule has 1 saturated carbocycles. The van der Waals surface area contributed by atoms with E-state index in [2.05, 4.69) is 45.7 Å². The standard InChI is InChI=1S/C24H26Cl2N4/c1-24(19-4-2-3-5-19)13-18-12-17(21(25)22(26)20(18)14-24)11-8-15-6-9-16(10-7-15)23-27-29-30-28-23/h6-7,9-10,12,19H,2-5,8,11,13-14H2,1H3,(H,27,28,29,30). The molecule has 1 fully saturated rings. The van der Waals surface area contributed by atoms with E-state index in [-0.39, 0.29) is 0 Å². The molecular formula is C24H26Cl2N4. The number of benzene rings is 2. The van der Waals surface area contributed by atoms with Gasteiger partial charge in [-0.05, 0) is 77.3 Å². The summed E-state index contributed by atoms with van der Waals surface area (Å²) in [7, 11) is 0. The molecule has 2 aliphatic carbocycles. The zero-order valence-electron chi connectivity index (χ0n) is 17.2. The smallest absolute Gasteiger partial charge is 0.177 e. The number of fused-ring (bicyclic) bond motifs is 1. The lowest BCUT2D eigenvalue weighted by molar-refractivity contribution is 0.203. The topological polar surface area (TPSA) is 54.5 Å². The van der Waals surface area contributed by atoms with Crippen molar-refractivity contribution in [1.29, 1.82) is 0 Å². The fourth-order valence-corrected chi connectivity index (χ4v) is 6.08. The van der Waals surface area contributed by atoms with E-state index >= 15 is 0 Å². The summed E-state index contributed by atoms with van der Waals surface area (Å²) in [5.74, 6) is 1.43. The second kappa shape index (κ2) is 7.97. The maximum atomic E-state index is 6.78. The number of aryl methyl sites for hydroxylation is 2. The molecule has 0 aliphatic heterocycles. The van der Waals surface area contributed by atoms with E-state index < -0.39 is 0 Å². The molecular weight excluding hydrogens is 415 g/mol. The van der Waals surface area contributed by atoms with Crippen LogP contribution >= 0.6 is 23.2 Å². The first kappa shape index (κ1) is 20.0. The molecule has 3 aromatic rings. The molecule has 1 unspecified atom stereocenters. The number of H-pyrrole nitrogens is 1. The highest BCUT2D eigenvalue weighted by atomic mass is 35.5. The molecule has 0 radical (unpaired) electrons. The van der Waals surface area contributed by atoms with Gasteiger partial charge in [-0.15, -0.1) is 10.2 Å². The van der Waals surface area contributed by atoms with Crippen LogP contribution in [0.5, 0.6) is 0 Å². The number of hydrogen-bond donors (Lipinski definition) is 1. The van der Waals surface area contributed by atoms with Gasteiger partial charge < -0.3 is 0 Å². The lowest BCUT2D eigenvalue weighted by Crippen LogP contribution is -2.26. The lowest BCUT2D eigenvalue weighted by atomic mass is 9.74. The minimum atomic E-state index is 0.343. The van der Waals surface area contributed by atoms with Crippen LogP contribution in [-0.4, -0.2) is 20.6 Å². The number of rotatable bonds is 5. The molecule has 1 aromatic heterocycles. The molecule has 2 aromatic carbocycles. The van der Waals surface area contributed by atoms with Crippen LogP contribution in [0.25, 0.3) is 11.4 Å². The zero-order valence-corrected chi connectivity index (χ0v) is 18.7. The van der Waals surface area contributed by atoms with Gasteiger partial charge in [0.1, 0.15) is 0 Å². The zero-order chi connectivity index (χ0) is 20.7. The van der Waals surface area contributed by atoms with Crippen molar-refractivity contribution >= 4 is 23.2 Å². The summed E-state index contributed by atoms with van der Waals surface area (Å²) in [6.45, 7) is 2.46. The van der Waals surface area contributed by atoms with Crippen molar-refractivity contribution in [3.8, 4) is 11.4 Å². The van der Waals surface area contributed by atoms with Gasteiger partial charge in [0, 0.05) is 5.56 Å². The molecule has 0 saturated heterocycles. The Morgan fingerprint density at radius 2 is 1.80 bits per heavy atom. The van der Waals surface area contributed by atoms with E-state index in [0.29, 0.717) is 11.2 Å². The fraction of sp³-hybridized carbons (Fsp3) is 0.458. The summed E-state index contributed by atoms with van der Waals surface area (Å²) >= 11 is 13.5. The molecule has 4 nitrogen and oxygen atoms in total. The van der Waals surface area contributed by atoms with Crippen molar-refractivity contribution < 1.29 is 0 Å². The normalized spacial score (nSPS) is 21.3. The SMILES string of the molecule is CC1(C2CCCC2)Cc2cc(CCc3ccc(-c4nn[nH]n4)cc3)c(Cl)c(Cl)c2C1. The van der Waals surface area contributed by atoms with Crippen LogP contribution in [0, 0.1) is 11.3 Å². The fourth-order valence-electron chi connectivity index (χ4n) is 5.50. The van der Waals surface area contributed by atoms with Gasteiger partial charge in [-0.25, -0.2) is 0 Å². The average molecular weight is 441 g/mol. The minimum Gasteiger partial charge on any atom is -0.177 e. The predicted molar refractivity (Wildman–Crippen MR) is 121 cm³/mol. The molecule has 1 heterocycles. The Kier molecular flexibility index (Phi) is 5.32. The van der Waals surface area contributed by atoms with Crippen molar-refractivity contribution in [2.24, 2.45) is 11.3 Å². The van der Waals surface area contributed by atoms with Gasteiger partial charge in [-0.3, -0.25) is 0 Å². The summed E-state index contributed by atoms with van der Waals surface area (Å²) in [6, 6.07) is 10.6. The Bertz CT molecular complexity index is 1040. The maximum absolute atomic E-state index is 6.78. The third-order valence-corrected chi connectivity index (χ3v) is 8.18. The van der Waals surface area contributed by atoms with Crippen LogP contribution in [-0.2, 0) is 25.7 Å². The lowest BCUT2D eigenvalue weighted by Gasteiger charge is -2.31. The molecule has 1 N–H and O–H groups in total. The Balaban J connectivity index is 1.32. The van der Waals surface area contributed by atoms with E-state index in [0.717, 1.165) is 47.2 Å². The minimum absolute atomic E-state index is 0.343. The largest absolute Gasteiger partial charge is 0.204 e. The number of nitrogens with one attached hydrogen (secondary N) is 1. The monoisotopic (exact) mass is 440 g/mol. The maximum Gasteiger partial charge on any atom is 0.204 e. The van der Waals surface area contributed by atoms with Gasteiger partial charge in [-0.1, -0.05) is 73.3 Å². The molecule has 0 bridgehead atoms. The Morgan fingerprint density at radius 3 is 2.50 bits per heavy atom. The van der Waals surface area contributed by atoms with Crippen LogP contribution in [0.3, 0.4) is 0 Å². The first-order valence-electron chi connectivity index (χ1n) is 10.8. The first-order chi connectivity index (χ1) is 14.5. The second-order valence-electron chi connectivity index (χ2n) is 9.22. The summed E-state index contributed by atoms with van der Waals surface area (Å²) < 4.78 is 0. The summed E-state index contributed by atoms with van der Waals surface area (Å²) in [4.78, 5) is 0. The van der Waals surface area contributed by atoms with E-state index in [1.165, 1.54) is 47.9 Å². The molecule has 156 valence electrons. The van der Waals surface area contributed by atoms with Crippen LogP contribution in [0.1, 0.15) is 54.9 Å². The number of nitrogens with zero attached hydrogens (tertiary/aromatic N) is 3. The molecule has 0 spiro atoms. The van der Waals surface area contributed by atoms with Crippen molar-refractivity contribution in [3.63, 3.8) is 0 Å². The third-order valence-electron chi connectivity index (χ3n) is 7.23. The highest BCUT2D eigenvalue weighted by molar-refractivity contribution is 6.43. The predicted octanol–water partition coefficient (Wildman–Crippen LogP) is 6.25. The van der Waals surface area contributed by atoms with Crippen molar-refractivity contribution in [3.05, 3.63) is 62.6 Å². The van der Waals surface area contributed by atoms with Gasteiger partial charge >= 0.3 is 0 Å². The van der Waals surface area contributed by atoms with E-state index in [1.807, 2.05) is 12.1 Å². The van der Waals surface area contributed by atoms with E-state index in [9.17, 15) is 0 Å². The molecule has 6 heteroatoms. The van der Waals surface area contributed by atoms with E-state index in [4.69, 9.17) is 23.2 Å². The molecule has 30 heavy (non-hydrogen) atoms. The van der Waals surface area contributed by atoms with Gasteiger partial charge in [0.15, 0.2) is 0 Å². The summed E-state index contributed by atoms with van der Waals surface area (Å²) in [5.41, 5.74) is 6.43. The second-order valence-corrected chi connectivity index (χ2v) is 9.98. The number of halogens is 2. The molecule has 2 aliphatic rings. The average Bonchev–Trinajstić information content (AvgIpc) is 3.51. The molecule has 1 atom stereocenters. The Hall–Kier alpha value is -1.91. The van der Waals surface area contributed by atoms with Crippen molar-refractivity contribution in [1.82, 2.24) is 20.6 Å². The Morgan fingerprint density at radius 1 is 1.03 bits per heavy atom. The van der Waals surface area contributed by atoms with Gasteiger partial charge in [-0.2, -0.15) is 5.21 Å². The Labute approximate surface area is 187 Å². The number of aromatic nitrogens is 4. The van der Waals surface area contributed by atoms with Crippen LogP contribution in [0.2, 0.25) is 10.0 Å². The van der Waals surface area contributed by atoms with E-state index in [1.54, 1.807) is 0 Å². The van der Waals surface area contributed by atoms with Gasteiger partial charge in [0.05, 0.1) is 10.0 Å². The van der Waals surface area contributed by atoms with Crippen molar-refractivity contribution in [2.75, 3.05) is 0 Å². The highest BCUT2D eigenvalue weighted by Crippen LogP contribution is 2.51. The molecule has 5 rings (SSSR count). The molecule has 0 amide bonds. The number of aromatic amines is 1.